The normalized spacial score (nSPS) is 15.7. The van der Waals surface area contributed by atoms with Crippen molar-refractivity contribution in [3.05, 3.63) is 58.6 Å². The van der Waals surface area contributed by atoms with Gasteiger partial charge in [0.05, 0.1) is 26.7 Å². The van der Waals surface area contributed by atoms with Gasteiger partial charge in [-0.25, -0.2) is 13.4 Å². The van der Waals surface area contributed by atoms with E-state index >= 15 is 0 Å². The van der Waals surface area contributed by atoms with Crippen LogP contribution >= 0.6 is 11.3 Å². The first-order chi connectivity index (χ1) is 14.8. The number of aryl methyl sites for hydroxylation is 2. The van der Waals surface area contributed by atoms with Crippen LogP contribution in [-0.2, 0) is 14.8 Å². The van der Waals surface area contributed by atoms with Gasteiger partial charge < -0.3 is 4.90 Å². The van der Waals surface area contributed by atoms with Gasteiger partial charge in [0.2, 0.25) is 15.9 Å². The molecule has 1 aliphatic rings. The second-order valence-corrected chi connectivity index (χ2v) is 11.3. The second-order valence-electron chi connectivity index (χ2n) is 8.18. The summed E-state index contributed by atoms with van der Waals surface area (Å²) in [4.78, 5) is 19.6. The molecule has 0 N–H and O–H groups in total. The highest BCUT2D eigenvalue weighted by atomic mass is 32.2. The van der Waals surface area contributed by atoms with E-state index in [2.05, 4.69) is 6.07 Å². The Hall–Kier alpha value is -2.29. The molecule has 1 aromatic heterocycles. The minimum atomic E-state index is -3.70. The van der Waals surface area contributed by atoms with Crippen LogP contribution in [0.2, 0.25) is 0 Å². The summed E-state index contributed by atoms with van der Waals surface area (Å²) in [5.41, 5.74) is 2.98. The number of carbonyl (C=O) groups is 1. The maximum absolute atomic E-state index is 12.9. The highest BCUT2D eigenvalue weighted by molar-refractivity contribution is 7.89. The van der Waals surface area contributed by atoms with Crippen LogP contribution in [0.15, 0.2) is 47.4 Å². The molecule has 1 aliphatic heterocycles. The van der Waals surface area contributed by atoms with Crippen LogP contribution in [0.1, 0.15) is 34.9 Å². The van der Waals surface area contributed by atoms with Gasteiger partial charge in [-0.2, -0.15) is 4.31 Å². The van der Waals surface area contributed by atoms with Crippen LogP contribution in [0, 0.1) is 13.8 Å². The predicted octanol–water partition coefficient (Wildman–Crippen LogP) is 3.94. The average Bonchev–Trinajstić information content (AvgIpc) is 3.20. The molecule has 0 saturated carbocycles. The fourth-order valence-corrected chi connectivity index (χ4v) is 6.21. The molecule has 0 spiro atoms. The molecule has 1 fully saturated rings. The molecule has 0 atom stereocenters. The molecule has 164 valence electrons. The first-order valence-corrected chi connectivity index (χ1v) is 12.7. The van der Waals surface area contributed by atoms with Crippen molar-refractivity contribution in [1.82, 2.24) is 14.2 Å². The van der Waals surface area contributed by atoms with Crippen molar-refractivity contribution < 1.29 is 13.2 Å². The van der Waals surface area contributed by atoms with Crippen LogP contribution in [-0.4, -0.2) is 55.2 Å². The monoisotopic (exact) mass is 457 g/mol. The maximum Gasteiger partial charge on any atom is 0.243 e. The Morgan fingerprint density at radius 2 is 1.84 bits per heavy atom. The number of rotatable bonds is 5. The number of carbonyl (C=O) groups excluding carboxylic acids is 1. The third-order valence-corrected chi connectivity index (χ3v) is 9.05. The lowest BCUT2D eigenvalue weighted by Gasteiger charge is -2.32. The van der Waals surface area contributed by atoms with Crippen molar-refractivity contribution in [2.45, 2.75) is 37.5 Å². The Morgan fingerprint density at radius 3 is 2.52 bits per heavy atom. The fraction of sp³-hybridized carbons (Fsp3) is 0.391. The third kappa shape index (κ3) is 4.51. The van der Waals surface area contributed by atoms with E-state index in [1.54, 1.807) is 34.4 Å². The molecular formula is C23H27N3O3S2. The van der Waals surface area contributed by atoms with Crippen molar-refractivity contribution in [2.24, 2.45) is 0 Å². The lowest BCUT2D eigenvalue weighted by atomic mass is 9.97. The number of piperidine rings is 1. The van der Waals surface area contributed by atoms with Crippen molar-refractivity contribution >= 4 is 37.5 Å². The predicted molar refractivity (Wildman–Crippen MR) is 124 cm³/mol. The first kappa shape index (κ1) is 21.9. The molecule has 0 aliphatic carbocycles. The Kier molecular flexibility index (Phi) is 6.14. The van der Waals surface area contributed by atoms with E-state index in [1.165, 1.54) is 11.7 Å². The van der Waals surface area contributed by atoms with Gasteiger partial charge in [0, 0.05) is 26.1 Å². The largest absolute Gasteiger partial charge is 0.342 e. The fourth-order valence-electron chi connectivity index (χ4n) is 3.87. The van der Waals surface area contributed by atoms with E-state index in [9.17, 15) is 13.2 Å². The van der Waals surface area contributed by atoms with E-state index in [1.807, 2.05) is 32.0 Å². The van der Waals surface area contributed by atoms with Crippen LogP contribution < -0.4 is 0 Å². The standard InChI is InChI=1S/C23H27N3O3S2/c1-16-8-9-19(14-17(16)2)31(28,29)25(3)15-22(27)26-12-10-18(11-13-26)23-24-20-6-4-5-7-21(20)30-23/h4-9,14,18H,10-13,15H2,1-3H3. The highest BCUT2D eigenvalue weighted by Gasteiger charge is 2.29. The third-order valence-electron chi connectivity index (χ3n) is 6.05. The molecule has 1 amide bonds. The lowest BCUT2D eigenvalue weighted by molar-refractivity contribution is -0.132. The van der Waals surface area contributed by atoms with Gasteiger partial charge >= 0.3 is 0 Å². The van der Waals surface area contributed by atoms with E-state index in [0.717, 1.165) is 38.8 Å². The van der Waals surface area contributed by atoms with E-state index < -0.39 is 10.0 Å². The number of benzene rings is 2. The van der Waals surface area contributed by atoms with Crippen LogP contribution in [0.25, 0.3) is 10.2 Å². The molecule has 0 radical (unpaired) electrons. The number of hydrogen-bond acceptors (Lipinski definition) is 5. The number of para-hydroxylation sites is 1. The highest BCUT2D eigenvalue weighted by Crippen LogP contribution is 2.33. The molecule has 2 aromatic carbocycles. The zero-order valence-corrected chi connectivity index (χ0v) is 19.7. The molecule has 0 unspecified atom stereocenters. The number of thiazole rings is 1. The minimum absolute atomic E-state index is 0.152. The van der Waals surface area contributed by atoms with E-state index in [0.29, 0.717) is 19.0 Å². The number of likely N-dealkylation sites (N-methyl/N-ethyl adjacent to an activating group) is 1. The maximum atomic E-state index is 12.9. The van der Waals surface area contributed by atoms with Crippen LogP contribution in [0.5, 0.6) is 0 Å². The van der Waals surface area contributed by atoms with Crippen molar-refractivity contribution in [2.75, 3.05) is 26.7 Å². The van der Waals surface area contributed by atoms with E-state index in [-0.39, 0.29) is 17.3 Å². The smallest absolute Gasteiger partial charge is 0.243 e. The average molecular weight is 458 g/mol. The van der Waals surface area contributed by atoms with Crippen molar-refractivity contribution in [3.8, 4) is 0 Å². The Bertz CT molecular complexity index is 1180. The molecule has 4 rings (SSSR count). The number of aromatic nitrogens is 1. The summed E-state index contributed by atoms with van der Waals surface area (Å²) in [7, 11) is -2.23. The van der Waals surface area contributed by atoms with E-state index in [4.69, 9.17) is 4.98 Å². The molecule has 31 heavy (non-hydrogen) atoms. The van der Waals surface area contributed by atoms with Gasteiger partial charge in [-0.3, -0.25) is 4.79 Å². The zero-order chi connectivity index (χ0) is 22.2. The SMILES string of the molecule is Cc1ccc(S(=O)(=O)N(C)CC(=O)N2CCC(c3nc4ccccc4s3)CC2)cc1C. The number of amides is 1. The van der Waals surface area contributed by atoms with Gasteiger partial charge in [0.15, 0.2) is 0 Å². The number of nitrogens with zero attached hydrogens (tertiary/aromatic N) is 3. The summed E-state index contributed by atoms with van der Waals surface area (Å²) in [6.45, 7) is 4.92. The molecule has 1 saturated heterocycles. The number of likely N-dealkylation sites (tertiary alicyclic amines) is 1. The summed E-state index contributed by atoms with van der Waals surface area (Å²) in [6, 6.07) is 13.2. The molecule has 2 heterocycles. The summed E-state index contributed by atoms with van der Waals surface area (Å²) in [6.07, 6.45) is 1.69. The summed E-state index contributed by atoms with van der Waals surface area (Å²) >= 11 is 1.73. The lowest BCUT2D eigenvalue weighted by Crippen LogP contribution is -2.44. The molecule has 8 heteroatoms. The molecule has 0 bridgehead atoms. The first-order valence-electron chi connectivity index (χ1n) is 10.4. The van der Waals surface area contributed by atoms with Crippen LogP contribution in [0.4, 0.5) is 0 Å². The summed E-state index contributed by atoms with van der Waals surface area (Å²) < 4.78 is 28.1. The van der Waals surface area contributed by atoms with Gasteiger partial charge in [-0.15, -0.1) is 11.3 Å². The summed E-state index contributed by atoms with van der Waals surface area (Å²) in [5.74, 6) is 0.191. The zero-order valence-electron chi connectivity index (χ0n) is 18.0. The Balaban J connectivity index is 1.37. The minimum Gasteiger partial charge on any atom is -0.342 e. The van der Waals surface area contributed by atoms with Crippen molar-refractivity contribution in [3.63, 3.8) is 0 Å². The summed E-state index contributed by atoms with van der Waals surface area (Å²) in [5, 5.41) is 1.13. The van der Waals surface area contributed by atoms with Gasteiger partial charge in [0.1, 0.15) is 0 Å². The Morgan fingerprint density at radius 1 is 1.13 bits per heavy atom. The van der Waals surface area contributed by atoms with Gasteiger partial charge in [0.25, 0.3) is 0 Å². The number of hydrogen-bond donors (Lipinski definition) is 0. The molecule has 3 aromatic rings. The Labute approximate surface area is 187 Å². The van der Waals surface area contributed by atoms with Crippen LogP contribution in [0.3, 0.4) is 0 Å². The number of fused-ring (bicyclic) bond motifs is 1. The number of sulfonamides is 1. The topological polar surface area (TPSA) is 70.6 Å². The second kappa shape index (κ2) is 8.68. The molecule has 6 nitrogen and oxygen atoms in total. The van der Waals surface area contributed by atoms with Crippen molar-refractivity contribution in [1.29, 1.82) is 0 Å². The van der Waals surface area contributed by atoms with Gasteiger partial charge in [-0.05, 0) is 62.1 Å². The van der Waals surface area contributed by atoms with Gasteiger partial charge in [-0.1, -0.05) is 18.2 Å². The molecular weight excluding hydrogens is 430 g/mol. The quantitative estimate of drug-likeness (QED) is 0.582.